The molecule has 0 aromatic carbocycles. The topological polar surface area (TPSA) is 83.8 Å². The van der Waals surface area contributed by atoms with E-state index >= 15 is 0 Å². The van der Waals surface area contributed by atoms with Gasteiger partial charge in [-0.1, -0.05) is 26.0 Å². The van der Waals surface area contributed by atoms with Crippen LogP contribution in [-0.4, -0.2) is 33.9 Å². The number of carbonyl (C=O) groups is 2. The summed E-state index contributed by atoms with van der Waals surface area (Å²) in [6.45, 7) is 11.8. The summed E-state index contributed by atoms with van der Waals surface area (Å²) in [5.41, 5.74) is -1.50. The standard InChI is InChI=1S/C25H36O5/c1-6-15(2)20(26)30-19-16(3)17-8-13-25(29)23(5)11-7-10-22(4,21(27)28)18(23)9-12-24(19,25)14-17/h6,17-19,29H,3,7-14H2,1-2,4-5H3,(H,27,28)/b15-6-/t17-,18-,19+,22-,23-,24+,25-/m0/s1. The summed E-state index contributed by atoms with van der Waals surface area (Å²) in [6, 6.07) is 0. The summed E-state index contributed by atoms with van der Waals surface area (Å²) >= 11 is 0. The van der Waals surface area contributed by atoms with Gasteiger partial charge in [0.2, 0.25) is 0 Å². The molecule has 5 nitrogen and oxygen atoms in total. The molecule has 0 aliphatic heterocycles. The van der Waals surface area contributed by atoms with E-state index in [9.17, 15) is 19.8 Å². The minimum Gasteiger partial charge on any atom is -0.481 e. The van der Waals surface area contributed by atoms with E-state index in [1.54, 1.807) is 13.0 Å². The van der Waals surface area contributed by atoms with Crippen LogP contribution in [0.15, 0.2) is 23.8 Å². The predicted molar refractivity (Wildman–Crippen MR) is 114 cm³/mol. The van der Waals surface area contributed by atoms with Gasteiger partial charge in [-0.15, -0.1) is 0 Å². The average molecular weight is 417 g/mol. The van der Waals surface area contributed by atoms with E-state index in [1.165, 1.54) is 0 Å². The average Bonchev–Trinajstić information content (AvgIpc) is 2.92. The molecule has 166 valence electrons. The first-order chi connectivity index (χ1) is 14.0. The molecule has 2 N–H and O–H groups in total. The molecule has 4 aliphatic carbocycles. The molecule has 2 bridgehead atoms. The van der Waals surface area contributed by atoms with Crippen LogP contribution < -0.4 is 0 Å². The maximum Gasteiger partial charge on any atom is 0.333 e. The molecule has 7 atom stereocenters. The van der Waals surface area contributed by atoms with Crippen LogP contribution in [0.2, 0.25) is 0 Å². The number of rotatable bonds is 3. The van der Waals surface area contributed by atoms with Crippen LogP contribution in [0.3, 0.4) is 0 Å². The first-order valence-electron chi connectivity index (χ1n) is 11.5. The third-order valence-corrected chi connectivity index (χ3v) is 9.87. The summed E-state index contributed by atoms with van der Waals surface area (Å²) in [5, 5.41) is 22.6. The Labute approximate surface area is 179 Å². The van der Waals surface area contributed by atoms with Crippen molar-refractivity contribution in [2.45, 2.75) is 90.8 Å². The highest BCUT2D eigenvalue weighted by molar-refractivity contribution is 5.88. The Morgan fingerprint density at radius 3 is 2.50 bits per heavy atom. The van der Waals surface area contributed by atoms with Gasteiger partial charge in [-0.05, 0) is 83.1 Å². The second kappa shape index (κ2) is 6.69. The highest BCUT2D eigenvalue weighted by atomic mass is 16.5. The highest BCUT2D eigenvalue weighted by Gasteiger charge is 2.75. The number of carboxylic acids is 1. The molecule has 4 fully saturated rings. The number of allylic oxidation sites excluding steroid dienone is 1. The van der Waals surface area contributed by atoms with Crippen molar-refractivity contribution in [2.24, 2.45) is 28.1 Å². The Kier molecular flexibility index (Phi) is 4.82. The Morgan fingerprint density at radius 2 is 1.87 bits per heavy atom. The van der Waals surface area contributed by atoms with Gasteiger partial charge < -0.3 is 14.9 Å². The van der Waals surface area contributed by atoms with Gasteiger partial charge in [-0.2, -0.15) is 0 Å². The number of carbonyl (C=O) groups excluding carboxylic acids is 1. The van der Waals surface area contributed by atoms with Crippen LogP contribution in [0.25, 0.3) is 0 Å². The van der Waals surface area contributed by atoms with Gasteiger partial charge in [0.1, 0.15) is 6.10 Å². The van der Waals surface area contributed by atoms with Crippen molar-refractivity contribution in [3.63, 3.8) is 0 Å². The lowest BCUT2D eigenvalue weighted by Gasteiger charge is -2.68. The van der Waals surface area contributed by atoms with Gasteiger partial charge in [0.05, 0.1) is 11.0 Å². The molecule has 0 unspecified atom stereocenters. The number of ether oxygens (including phenoxy) is 1. The zero-order valence-corrected chi connectivity index (χ0v) is 18.8. The molecule has 4 saturated carbocycles. The molecule has 0 saturated heterocycles. The van der Waals surface area contributed by atoms with E-state index in [0.717, 1.165) is 37.7 Å². The fraction of sp³-hybridized carbons (Fsp3) is 0.760. The van der Waals surface area contributed by atoms with Gasteiger partial charge in [0.25, 0.3) is 0 Å². The van der Waals surface area contributed by atoms with Crippen molar-refractivity contribution >= 4 is 11.9 Å². The van der Waals surface area contributed by atoms with Crippen molar-refractivity contribution in [3.05, 3.63) is 23.8 Å². The van der Waals surface area contributed by atoms with Crippen LogP contribution in [0, 0.1) is 28.1 Å². The van der Waals surface area contributed by atoms with Crippen LogP contribution in [-0.2, 0) is 14.3 Å². The molecule has 0 aromatic heterocycles. The Morgan fingerprint density at radius 1 is 1.17 bits per heavy atom. The van der Waals surface area contributed by atoms with Crippen molar-refractivity contribution in [1.82, 2.24) is 0 Å². The molecule has 0 aromatic rings. The van der Waals surface area contributed by atoms with Crippen molar-refractivity contribution in [3.8, 4) is 0 Å². The molecule has 0 heterocycles. The third kappa shape index (κ3) is 2.44. The van der Waals surface area contributed by atoms with Crippen LogP contribution in [0.1, 0.15) is 79.1 Å². The summed E-state index contributed by atoms with van der Waals surface area (Å²) in [5.74, 6) is -0.942. The van der Waals surface area contributed by atoms with E-state index in [-0.39, 0.29) is 17.8 Å². The Bertz CT molecular complexity index is 829. The first kappa shape index (κ1) is 21.6. The normalized spacial score (nSPS) is 48.0. The smallest absolute Gasteiger partial charge is 0.333 e. The summed E-state index contributed by atoms with van der Waals surface area (Å²) in [6.07, 6.45) is 7.12. The number of esters is 1. The van der Waals surface area contributed by atoms with E-state index < -0.39 is 33.9 Å². The Hall–Kier alpha value is -1.62. The van der Waals surface area contributed by atoms with E-state index in [4.69, 9.17) is 4.74 Å². The minimum absolute atomic E-state index is 0.0917. The van der Waals surface area contributed by atoms with Crippen LogP contribution in [0.5, 0.6) is 0 Å². The molecule has 4 aliphatic rings. The second-order valence-electron chi connectivity index (χ2n) is 10.9. The first-order valence-corrected chi connectivity index (χ1v) is 11.5. The molecular weight excluding hydrogens is 380 g/mol. The molecular formula is C25H36O5. The number of hydrogen-bond donors (Lipinski definition) is 2. The van der Waals surface area contributed by atoms with Gasteiger partial charge in [-0.25, -0.2) is 4.79 Å². The van der Waals surface area contributed by atoms with Crippen molar-refractivity contribution < 1.29 is 24.5 Å². The van der Waals surface area contributed by atoms with Gasteiger partial charge in [0.15, 0.2) is 0 Å². The van der Waals surface area contributed by atoms with Gasteiger partial charge in [-0.3, -0.25) is 4.79 Å². The van der Waals surface area contributed by atoms with E-state index in [2.05, 4.69) is 13.5 Å². The van der Waals surface area contributed by atoms with Crippen molar-refractivity contribution in [2.75, 3.05) is 0 Å². The number of aliphatic hydroxyl groups is 1. The molecule has 30 heavy (non-hydrogen) atoms. The third-order valence-electron chi connectivity index (χ3n) is 9.87. The lowest BCUT2D eigenvalue weighted by Crippen LogP contribution is -2.71. The van der Waals surface area contributed by atoms with E-state index in [0.29, 0.717) is 24.8 Å². The second-order valence-corrected chi connectivity index (χ2v) is 10.9. The quantitative estimate of drug-likeness (QED) is 0.398. The lowest BCUT2D eigenvalue weighted by molar-refractivity contribution is -0.278. The predicted octanol–water partition coefficient (Wildman–Crippen LogP) is 4.64. The SMILES string of the molecule is C=C1[C@H]2CC[C@@]3(O)[C@](CC[C@@H]4[C@]3(C)CCC[C@]4(C)C(=O)O)(C2)[C@@H]1OC(=O)/C(C)=C\C. The van der Waals surface area contributed by atoms with E-state index in [1.807, 2.05) is 13.8 Å². The molecule has 0 radical (unpaired) electrons. The zero-order chi connectivity index (χ0) is 22.1. The number of fused-ring (bicyclic) bond motifs is 3. The number of carboxylic acid groups (broad SMARTS) is 1. The largest absolute Gasteiger partial charge is 0.481 e. The molecule has 1 spiro atoms. The molecule has 5 heteroatoms. The number of aliphatic carboxylic acids is 1. The fourth-order valence-electron chi connectivity index (χ4n) is 8.02. The van der Waals surface area contributed by atoms with Gasteiger partial charge in [0, 0.05) is 16.4 Å². The highest BCUT2D eigenvalue weighted by Crippen LogP contribution is 2.74. The molecule has 4 rings (SSSR count). The summed E-state index contributed by atoms with van der Waals surface area (Å²) < 4.78 is 6.06. The van der Waals surface area contributed by atoms with Gasteiger partial charge >= 0.3 is 11.9 Å². The number of hydrogen-bond acceptors (Lipinski definition) is 4. The van der Waals surface area contributed by atoms with Crippen LogP contribution in [0.4, 0.5) is 0 Å². The monoisotopic (exact) mass is 416 g/mol. The Balaban J connectivity index is 1.80. The molecule has 0 amide bonds. The maximum absolute atomic E-state index is 12.7. The zero-order valence-electron chi connectivity index (χ0n) is 18.8. The lowest BCUT2D eigenvalue weighted by atomic mass is 9.38. The maximum atomic E-state index is 12.7. The van der Waals surface area contributed by atoms with Crippen molar-refractivity contribution in [1.29, 1.82) is 0 Å². The summed E-state index contributed by atoms with van der Waals surface area (Å²) in [4.78, 5) is 25.0. The summed E-state index contributed by atoms with van der Waals surface area (Å²) in [7, 11) is 0. The van der Waals surface area contributed by atoms with Crippen LogP contribution >= 0.6 is 0 Å². The fourth-order valence-corrected chi connectivity index (χ4v) is 8.02. The minimum atomic E-state index is -1.06.